The van der Waals surface area contributed by atoms with Crippen LogP contribution in [0.3, 0.4) is 0 Å². The van der Waals surface area contributed by atoms with Crippen molar-refractivity contribution in [1.82, 2.24) is 19.7 Å². The van der Waals surface area contributed by atoms with Crippen molar-refractivity contribution in [2.24, 2.45) is 4.99 Å². The van der Waals surface area contributed by atoms with Gasteiger partial charge in [0.1, 0.15) is 5.37 Å². The molecular formula is C28H23F3N8O2S. The Bertz CT molecular complexity index is 1680. The number of anilines is 4. The first-order chi connectivity index (χ1) is 20.1. The summed E-state index contributed by atoms with van der Waals surface area (Å²) in [5.41, 5.74) is 1.27. The number of pyridine rings is 1. The highest BCUT2D eigenvalue weighted by Crippen LogP contribution is 2.37. The number of hydrogen-bond donors (Lipinski definition) is 4. The van der Waals surface area contributed by atoms with Gasteiger partial charge in [0.05, 0.1) is 16.9 Å². The summed E-state index contributed by atoms with van der Waals surface area (Å²) in [4.78, 5) is 42.3. The van der Waals surface area contributed by atoms with Crippen LogP contribution in [0.5, 0.6) is 0 Å². The molecule has 1 atom stereocenters. The number of carbonyl (C=O) groups is 2. The van der Waals surface area contributed by atoms with Crippen molar-refractivity contribution in [2.45, 2.75) is 25.4 Å². The molecule has 4 N–H and O–H groups in total. The third-order valence-electron chi connectivity index (χ3n) is 6.04. The predicted octanol–water partition coefficient (Wildman–Crippen LogP) is 5.80. The molecule has 2 aromatic carbocycles. The van der Waals surface area contributed by atoms with Crippen molar-refractivity contribution < 1.29 is 22.8 Å². The van der Waals surface area contributed by atoms with E-state index < -0.39 is 29.2 Å². The lowest BCUT2D eigenvalue weighted by Gasteiger charge is -2.16. The number of nitrogens with zero attached hydrogens (tertiary/aromatic N) is 4. The minimum atomic E-state index is -4.80. The second-order valence-corrected chi connectivity index (χ2v) is 10.2. The lowest BCUT2D eigenvalue weighted by atomic mass is 10.1. The Morgan fingerprint density at radius 3 is 2.52 bits per heavy atom. The molecule has 1 aliphatic rings. The first-order valence-corrected chi connectivity index (χ1v) is 13.4. The number of amidine groups is 1. The number of amides is 2. The largest absolute Gasteiger partial charge is 0.418 e. The minimum Gasteiger partial charge on any atom is -0.324 e. The maximum Gasteiger partial charge on any atom is 0.418 e. The topological polar surface area (TPSA) is 133 Å². The fourth-order valence-corrected chi connectivity index (χ4v) is 4.53. The van der Waals surface area contributed by atoms with Crippen LogP contribution in [-0.4, -0.2) is 38.0 Å². The van der Waals surface area contributed by atoms with Gasteiger partial charge in [-0.2, -0.15) is 13.2 Å². The number of aliphatic imine (C=N–C) groups is 1. The predicted molar refractivity (Wildman–Crippen MR) is 155 cm³/mol. The molecule has 0 radical (unpaired) electrons. The molecule has 0 fully saturated rings. The van der Waals surface area contributed by atoms with Crippen LogP contribution in [0.25, 0.3) is 11.3 Å². The zero-order valence-electron chi connectivity index (χ0n) is 22.2. The van der Waals surface area contributed by atoms with Crippen LogP contribution in [-0.2, 0) is 11.0 Å². The third kappa shape index (κ3) is 6.66. The van der Waals surface area contributed by atoms with Gasteiger partial charge in [-0.1, -0.05) is 6.07 Å². The maximum atomic E-state index is 13.9. The Balaban J connectivity index is 1.34. The zero-order chi connectivity index (χ0) is 29.9. The van der Waals surface area contributed by atoms with Crippen molar-refractivity contribution in [3.8, 4) is 11.3 Å². The van der Waals surface area contributed by atoms with Crippen LogP contribution in [0.4, 0.5) is 36.2 Å². The highest BCUT2D eigenvalue weighted by atomic mass is 32.2. The van der Waals surface area contributed by atoms with Gasteiger partial charge < -0.3 is 20.7 Å². The normalized spacial score (nSPS) is 14.5. The van der Waals surface area contributed by atoms with E-state index in [1.165, 1.54) is 6.07 Å². The average molecular weight is 593 g/mol. The first-order valence-electron chi connectivity index (χ1n) is 12.5. The van der Waals surface area contributed by atoms with Gasteiger partial charge >= 0.3 is 6.18 Å². The second-order valence-electron chi connectivity index (χ2n) is 9.13. The molecule has 0 spiro atoms. The lowest BCUT2D eigenvalue weighted by Crippen LogP contribution is -2.30. The first kappa shape index (κ1) is 28.5. The van der Waals surface area contributed by atoms with Crippen LogP contribution < -0.4 is 20.7 Å². The summed E-state index contributed by atoms with van der Waals surface area (Å²) < 4.78 is 44.3. The van der Waals surface area contributed by atoms with E-state index in [1.807, 2.05) is 13.0 Å². The standard InChI is InChI=1S/C28H23F3N8O2S/c1-15-5-6-17(12-23(15)38-27-33-11-9-21(37-27)18-4-3-10-32-14-18)25(40)35-19-7-8-22(20(13-19)28(29,30)31)36-26(41)24-34-16(2)42-39-24/h3-14,16H,1-2H3,(H,34,39)(H,35,40)(H,36,41)(H,33,37,38). The lowest BCUT2D eigenvalue weighted by molar-refractivity contribution is -0.136. The Kier molecular flexibility index (Phi) is 8.06. The van der Waals surface area contributed by atoms with Gasteiger partial charge in [0.15, 0.2) is 5.84 Å². The van der Waals surface area contributed by atoms with Gasteiger partial charge in [-0.05, 0) is 79.9 Å². The molecule has 0 bridgehead atoms. The molecule has 0 saturated heterocycles. The zero-order valence-corrected chi connectivity index (χ0v) is 23.0. The van der Waals surface area contributed by atoms with E-state index in [2.05, 4.69) is 40.6 Å². The van der Waals surface area contributed by atoms with E-state index in [9.17, 15) is 22.8 Å². The minimum absolute atomic E-state index is 0.0732. The number of alkyl halides is 3. The Hall–Kier alpha value is -4.98. The van der Waals surface area contributed by atoms with E-state index in [0.717, 1.165) is 35.2 Å². The van der Waals surface area contributed by atoms with Gasteiger partial charge in [-0.3, -0.25) is 14.6 Å². The maximum absolute atomic E-state index is 13.9. The number of benzene rings is 2. The van der Waals surface area contributed by atoms with Crippen LogP contribution >= 0.6 is 11.9 Å². The van der Waals surface area contributed by atoms with Crippen LogP contribution in [0.15, 0.2) is 78.2 Å². The molecule has 42 heavy (non-hydrogen) atoms. The van der Waals surface area contributed by atoms with E-state index >= 15 is 0 Å². The van der Waals surface area contributed by atoms with Crippen molar-refractivity contribution >= 4 is 52.6 Å². The van der Waals surface area contributed by atoms with Gasteiger partial charge in [-0.15, -0.1) is 0 Å². The van der Waals surface area contributed by atoms with Crippen LogP contribution in [0, 0.1) is 6.92 Å². The smallest absolute Gasteiger partial charge is 0.324 e. The molecule has 2 aromatic heterocycles. The van der Waals surface area contributed by atoms with Gasteiger partial charge in [0.2, 0.25) is 5.95 Å². The summed E-state index contributed by atoms with van der Waals surface area (Å²) in [6.45, 7) is 3.56. The number of aromatic nitrogens is 3. The Morgan fingerprint density at radius 1 is 0.976 bits per heavy atom. The Labute approximate surface area is 242 Å². The number of carbonyl (C=O) groups excluding carboxylic acids is 2. The van der Waals surface area contributed by atoms with Gasteiger partial charge in [-0.25, -0.2) is 15.0 Å². The quantitative estimate of drug-likeness (QED) is 0.198. The van der Waals surface area contributed by atoms with E-state index in [1.54, 1.807) is 55.8 Å². The van der Waals surface area contributed by atoms with Crippen molar-refractivity contribution in [3.05, 3.63) is 89.9 Å². The molecular weight excluding hydrogens is 569 g/mol. The van der Waals surface area contributed by atoms with Crippen LogP contribution in [0.2, 0.25) is 0 Å². The summed E-state index contributed by atoms with van der Waals surface area (Å²) in [5.74, 6) is -1.22. The summed E-state index contributed by atoms with van der Waals surface area (Å²) in [6.07, 6.45) is 0.116. The van der Waals surface area contributed by atoms with Crippen molar-refractivity contribution in [3.63, 3.8) is 0 Å². The number of hydrogen-bond acceptors (Lipinski definition) is 9. The molecule has 10 nitrogen and oxygen atoms in total. The number of halogens is 3. The Morgan fingerprint density at radius 2 is 1.81 bits per heavy atom. The molecule has 14 heteroatoms. The highest BCUT2D eigenvalue weighted by molar-refractivity contribution is 7.98. The fourth-order valence-electron chi connectivity index (χ4n) is 3.94. The van der Waals surface area contributed by atoms with Gasteiger partial charge in [0.25, 0.3) is 11.8 Å². The molecule has 2 amide bonds. The molecule has 1 aliphatic heterocycles. The number of aryl methyl sites for hydroxylation is 1. The SMILES string of the molecule is Cc1ccc(C(=O)Nc2ccc(NC(=O)C3=NC(C)SN3)c(C(F)(F)F)c2)cc1Nc1nccc(-c2cccnc2)n1. The second kappa shape index (κ2) is 11.9. The molecule has 5 rings (SSSR count). The van der Waals surface area contributed by atoms with E-state index in [0.29, 0.717) is 11.4 Å². The molecule has 0 saturated carbocycles. The fraction of sp³-hybridized carbons (Fsp3) is 0.143. The third-order valence-corrected chi connectivity index (χ3v) is 6.80. The van der Waals surface area contributed by atoms with E-state index in [4.69, 9.17) is 0 Å². The number of nitrogens with one attached hydrogen (secondary N) is 4. The molecule has 214 valence electrons. The molecule has 4 aromatic rings. The molecule has 1 unspecified atom stereocenters. The highest BCUT2D eigenvalue weighted by Gasteiger charge is 2.35. The monoisotopic (exact) mass is 592 g/mol. The molecule has 3 heterocycles. The van der Waals surface area contributed by atoms with Crippen molar-refractivity contribution in [2.75, 3.05) is 16.0 Å². The molecule has 0 aliphatic carbocycles. The number of rotatable bonds is 7. The van der Waals surface area contributed by atoms with Gasteiger partial charge in [0, 0.05) is 41.1 Å². The summed E-state index contributed by atoms with van der Waals surface area (Å²) in [5, 5.41) is 7.59. The van der Waals surface area contributed by atoms with E-state index in [-0.39, 0.29) is 28.4 Å². The summed E-state index contributed by atoms with van der Waals surface area (Å²) >= 11 is 1.16. The van der Waals surface area contributed by atoms with Crippen LogP contribution in [0.1, 0.15) is 28.4 Å². The average Bonchev–Trinajstić information content (AvgIpc) is 3.41. The van der Waals surface area contributed by atoms with Crippen molar-refractivity contribution in [1.29, 1.82) is 0 Å². The summed E-state index contributed by atoms with van der Waals surface area (Å²) in [7, 11) is 0. The summed E-state index contributed by atoms with van der Waals surface area (Å²) in [6, 6.07) is 13.3.